The number of nitrogens with zero attached hydrogens (tertiary/aromatic N) is 2. The fourth-order valence-corrected chi connectivity index (χ4v) is 2.81. The first-order valence-corrected chi connectivity index (χ1v) is 7.29. The number of hydrogen-bond donors (Lipinski definition) is 2. The largest absolute Gasteiger partial charge is 0.355 e. The molecular formula is C16H20N4O. The van der Waals surface area contributed by atoms with Crippen molar-refractivity contribution in [2.24, 2.45) is 7.05 Å². The molecule has 1 aliphatic heterocycles. The lowest BCUT2D eigenvalue weighted by Gasteiger charge is -2.25. The third-order valence-corrected chi connectivity index (χ3v) is 4.01. The van der Waals surface area contributed by atoms with Gasteiger partial charge in [-0.25, -0.2) is 0 Å². The van der Waals surface area contributed by atoms with Gasteiger partial charge in [-0.2, -0.15) is 5.10 Å². The molecule has 2 N–H and O–H groups in total. The molecule has 1 atom stereocenters. The average molecular weight is 284 g/mol. The molecule has 5 heteroatoms. The van der Waals surface area contributed by atoms with Gasteiger partial charge in [-0.05, 0) is 17.2 Å². The maximum atomic E-state index is 12.4. The second-order valence-corrected chi connectivity index (χ2v) is 5.37. The Morgan fingerprint density at radius 3 is 3.10 bits per heavy atom. The SMILES string of the molecule is Cn1nccc1CCNC(=O)C1CNCc2ccccc21. The molecule has 21 heavy (non-hydrogen) atoms. The highest BCUT2D eigenvalue weighted by molar-refractivity contribution is 5.84. The van der Waals surface area contributed by atoms with Crippen molar-refractivity contribution >= 4 is 5.91 Å². The number of rotatable bonds is 4. The Hall–Kier alpha value is -2.14. The molecule has 2 aromatic rings. The summed E-state index contributed by atoms with van der Waals surface area (Å²) < 4.78 is 1.84. The fraction of sp³-hybridized carbons (Fsp3) is 0.375. The number of carbonyl (C=O) groups is 1. The number of benzene rings is 1. The maximum Gasteiger partial charge on any atom is 0.228 e. The molecule has 110 valence electrons. The molecule has 0 radical (unpaired) electrons. The van der Waals surface area contributed by atoms with Crippen molar-refractivity contribution in [3.63, 3.8) is 0 Å². The third-order valence-electron chi connectivity index (χ3n) is 4.01. The lowest BCUT2D eigenvalue weighted by Crippen LogP contribution is -2.39. The van der Waals surface area contributed by atoms with Crippen LogP contribution in [0.1, 0.15) is 22.7 Å². The normalized spacial score (nSPS) is 17.3. The summed E-state index contributed by atoms with van der Waals surface area (Å²) in [5.41, 5.74) is 3.49. The molecule has 0 bridgehead atoms. The highest BCUT2D eigenvalue weighted by atomic mass is 16.1. The minimum absolute atomic E-state index is 0.0943. The molecule has 1 aromatic heterocycles. The summed E-state index contributed by atoms with van der Waals surface area (Å²) in [5.74, 6) is -0.00157. The van der Waals surface area contributed by atoms with E-state index in [0.29, 0.717) is 13.1 Å². The predicted molar refractivity (Wildman–Crippen MR) is 80.8 cm³/mol. The second-order valence-electron chi connectivity index (χ2n) is 5.37. The van der Waals surface area contributed by atoms with E-state index in [4.69, 9.17) is 0 Å². The number of amides is 1. The standard InChI is InChI=1S/C16H20N4O/c1-20-13(7-9-19-20)6-8-18-16(21)15-11-17-10-12-4-2-3-5-14(12)15/h2-5,7,9,15,17H,6,8,10-11H2,1H3,(H,18,21). The van der Waals surface area contributed by atoms with Gasteiger partial charge in [0.25, 0.3) is 0 Å². The zero-order chi connectivity index (χ0) is 14.7. The topological polar surface area (TPSA) is 59.0 Å². The summed E-state index contributed by atoms with van der Waals surface area (Å²) in [4.78, 5) is 12.4. The Bertz CT molecular complexity index is 635. The second kappa shape index (κ2) is 6.10. The Morgan fingerprint density at radius 2 is 2.29 bits per heavy atom. The van der Waals surface area contributed by atoms with E-state index in [1.165, 1.54) is 5.56 Å². The molecule has 3 rings (SSSR count). The van der Waals surface area contributed by atoms with E-state index in [9.17, 15) is 4.79 Å². The number of aryl methyl sites for hydroxylation is 1. The van der Waals surface area contributed by atoms with E-state index < -0.39 is 0 Å². The Labute approximate surface area is 124 Å². The van der Waals surface area contributed by atoms with Gasteiger partial charge in [-0.15, -0.1) is 0 Å². The highest BCUT2D eigenvalue weighted by Gasteiger charge is 2.25. The molecule has 1 aromatic carbocycles. The summed E-state index contributed by atoms with van der Waals surface area (Å²) >= 11 is 0. The first-order chi connectivity index (χ1) is 10.3. The van der Waals surface area contributed by atoms with Gasteiger partial charge in [0.05, 0.1) is 5.92 Å². The maximum absolute atomic E-state index is 12.4. The van der Waals surface area contributed by atoms with Crippen LogP contribution in [0.25, 0.3) is 0 Å². The predicted octanol–water partition coefficient (Wildman–Crippen LogP) is 0.966. The fourth-order valence-electron chi connectivity index (χ4n) is 2.81. The number of hydrogen-bond acceptors (Lipinski definition) is 3. The average Bonchev–Trinajstić information content (AvgIpc) is 2.92. The van der Waals surface area contributed by atoms with E-state index in [1.807, 2.05) is 29.9 Å². The summed E-state index contributed by atoms with van der Waals surface area (Å²) in [6.07, 6.45) is 2.57. The minimum Gasteiger partial charge on any atom is -0.355 e. The number of carbonyl (C=O) groups excluding carboxylic acids is 1. The van der Waals surface area contributed by atoms with E-state index in [0.717, 1.165) is 24.2 Å². The molecule has 0 fully saturated rings. The molecule has 1 unspecified atom stereocenters. The van der Waals surface area contributed by atoms with Crippen LogP contribution in [-0.4, -0.2) is 28.8 Å². The Balaban J connectivity index is 1.60. The monoisotopic (exact) mass is 284 g/mol. The van der Waals surface area contributed by atoms with Crippen molar-refractivity contribution in [2.75, 3.05) is 13.1 Å². The molecule has 0 saturated carbocycles. The van der Waals surface area contributed by atoms with Crippen molar-refractivity contribution in [1.82, 2.24) is 20.4 Å². The molecule has 2 heterocycles. The summed E-state index contributed by atoms with van der Waals surface area (Å²) in [7, 11) is 1.92. The van der Waals surface area contributed by atoms with Crippen molar-refractivity contribution in [3.8, 4) is 0 Å². The third kappa shape index (κ3) is 2.97. The molecule has 0 spiro atoms. The molecule has 1 aliphatic rings. The van der Waals surface area contributed by atoms with Crippen molar-refractivity contribution in [2.45, 2.75) is 18.9 Å². The van der Waals surface area contributed by atoms with Gasteiger partial charge >= 0.3 is 0 Å². The highest BCUT2D eigenvalue weighted by Crippen LogP contribution is 2.23. The van der Waals surface area contributed by atoms with Gasteiger partial charge in [0.2, 0.25) is 5.91 Å². The van der Waals surface area contributed by atoms with Crippen LogP contribution in [0.3, 0.4) is 0 Å². The smallest absolute Gasteiger partial charge is 0.228 e. The van der Waals surface area contributed by atoms with Crippen LogP contribution in [0.4, 0.5) is 0 Å². The van der Waals surface area contributed by atoms with E-state index in [2.05, 4.69) is 27.9 Å². The van der Waals surface area contributed by atoms with Crippen molar-refractivity contribution in [1.29, 1.82) is 0 Å². The van der Waals surface area contributed by atoms with Crippen LogP contribution in [0.5, 0.6) is 0 Å². The zero-order valence-corrected chi connectivity index (χ0v) is 12.2. The zero-order valence-electron chi connectivity index (χ0n) is 12.2. The summed E-state index contributed by atoms with van der Waals surface area (Å²) in [6, 6.07) is 10.1. The van der Waals surface area contributed by atoms with Gasteiger partial charge < -0.3 is 10.6 Å². The van der Waals surface area contributed by atoms with Crippen molar-refractivity contribution in [3.05, 3.63) is 53.3 Å². The van der Waals surface area contributed by atoms with Crippen LogP contribution < -0.4 is 10.6 Å². The number of nitrogens with one attached hydrogen (secondary N) is 2. The number of fused-ring (bicyclic) bond motifs is 1. The lowest BCUT2D eigenvalue weighted by molar-refractivity contribution is -0.122. The van der Waals surface area contributed by atoms with Gasteiger partial charge in [-0.3, -0.25) is 9.48 Å². The molecule has 5 nitrogen and oxygen atoms in total. The quantitative estimate of drug-likeness (QED) is 0.879. The van der Waals surface area contributed by atoms with Crippen LogP contribution in [-0.2, 0) is 24.8 Å². The Kier molecular flexibility index (Phi) is 4.01. The van der Waals surface area contributed by atoms with Crippen LogP contribution in [0, 0.1) is 0 Å². The molecule has 0 saturated heterocycles. The first kappa shape index (κ1) is 13.8. The molecule has 0 aliphatic carbocycles. The minimum atomic E-state index is -0.0958. The first-order valence-electron chi connectivity index (χ1n) is 7.29. The van der Waals surface area contributed by atoms with E-state index >= 15 is 0 Å². The number of aromatic nitrogens is 2. The van der Waals surface area contributed by atoms with Gasteiger partial charge in [-0.1, -0.05) is 24.3 Å². The van der Waals surface area contributed by atoms with Gasteiger partial charge in [0.15, 0.2) is 0 Å². The lowest BCUT2D eigenvalue weighted by atomic mass is 9.90. The van der Waals surface area contributed by atoms with Crippen LogP contribution >= 0.6 is 0 Å². The summed E-state index contributed by atoms with van der Waals surface area (Å²) in [5, 5.41) is 10.5. The van der Waals surface area contributed by atoms with Crippen LogP contribution in [0.15, 0.2) is 36.5 Å². The van der Waals surface area contributed by atoms with Gasteiger partial charge in [0, 0.05) is 45.0 Å². The van der Waals surface area contributed by atoms with Crippen LogP contribution in [0.2, 0.25) is 0 Å². The van der Waals surface area contributed by atoms with Crippen molar-refractivity contribution < 1.29 is 4.79 Å². The molecular weight excluding hydrogens is 264 g/mol. The van der Waals surface area contributed by atoms with Gasteiger partial charge in [0.1, 0.15) is 0 Å². The summed E-state index contributed by atoms with van der Waals surface area (Å²) in [6.45, 7) is 2.18. The van der Waals surface area contributed by atoms with E-state index in [1.54, 1.807) is 6.20 Å². The van der Waals surface area contributed by atoms with E-state index in [-0.39, 0.29) is 11.8 Å². The Morgan fingerprint density at radius 1 is 1.43 bits per heavy atom. The molecule has 1 amide bonds.